The minimum absolute atomic E-state index is 0. The topological polar surface area (TPSA) is 41.1 Å². The van der Waals surface area contributed by atoms with Gasteiger partial charge in [0.1, 0.15) is 5.25 Å². The van der Waals surface area contributed by atoms with Gasteiger partial charge in [0, 0.05) is 17.5 Å². The monoisotopic (exact) mass is 364 g/mol. The van der Waals surface area contributed by atoms with E-state index in [1.807, 2.05) is 60.7 Å². The van der Waals surface area contributed by atoms with E-state index in [0.717, 1.165) is 17.0 Å². The zero-order chi connectivity index (χ0) is 16.5. The lowest BCUT2D eigenvalue weighted by molar-refractivity contribution is -0.120. The molecule has 2 aromatic rings. The molecule has 2 rings (SSSR count). The van der Waals surface area contributed by atoms with Crippen LogP contribution in [0.1, 0.15) is 24.7 Å². The second-order valence-electron chi connectivity index (χ2n) is 5.43. The van der Waals surface area contributed by atoms with Crippen molar-refractivity contribution in [2.45, 2.75) is 30.0 Å². The summed E-state index contributed by atoms with van der Waals surface area (Å²) < 4.78 is 0. The fourth-order valence-electron chi connectivity index (χ4n) is 2.30. The lowest BCUT2D eigenvalue weighted by atomic mass is 10.1. The summed E-state index contributed by atoms with van der Waals surface area (Å²) in [7, 11) is 0. The second-order valence-corrected chi connectivity index (χ2v) is 6.60. The highest BCUT2D eigenvalue weighted by Crippen LogP contribution is 2.35. The number of carbonyl (C=O) groups excluding carboxylic acids is 1. The molecule has 2 atom stereocenters. The molecule has 0 saturated heterocycles. The highest BCUT2D eigenvalue weighted by molar-refractivity contribution is 8.00. The molecule has 0 spiro atoms. The molecule has 3 nitrogen and oxygen atoms in total. The predicted molar refractivity (Wildman–Crippen MR) is 105 cm³/mol. The molecule has 0 bridgehead atoms. The Morgan fingerprint density at radius 1 is 1.04 bits per heavy atom. The van der Waals surface area contributed by atoms with Crippen molar-refractivity contribution in [1.29, 1.82) is 0 Å². The van der Waals surface area contributed by atoms with Crippen LogP contribution in [-0.2, 0) is 4.79 Å². The van der Waals surface area contributed by atoms with Crippen LogP contribution in [0.4, 0.5) is 0 Å². The van der Waals surface area contributed by atoms with Crippen molar-refractivity contribution in [3.63, 3.8) is 0 Å². The fraction of sp³-hybridized carbons (Fsp3) is 0.316. The van der Waals surface area contributed by atoms with Gasteiger partial charge in [-0.3, -0.25) is 4.79 Å². The quantitative estimate of drug-likeness (QED) is 0.694. The number of hydrogen-bond donors (Lipinski definition) is 2. The second kappa shape index (κ2) is 11.1. The fourth-order valence-corrected chi connectivity index (χ4v) is 3.37. The van der Waals surface area contributed by atoms with Gasteiger partial charge in [-0.1, -0.05) is 55.5 Å². The molecule has 0 fully saturated rings. The van der Waals surface area contributed by atoms with Gasteiger partial charge in [-0.2, -0.15) is 0 Å². The third-order valence-electron chi connectivity index (χ3n) is 3.47. The van der Waals surface area contributed by atoms with Crippen LogP contribution in [0.3, 0.4) is 0 Å². The third kappa shape index (κ3) is 6.56. The van der Waals surface area contributed by atoms with Crippen molar-refractivity contribution in [2.24, 2.45) is 0 Å². The van der Waals surface area contributed by atoms with Crippen molar-refractivity contribution in [2.75, 3.05) is 13.1 Å². The summed E-state index contributed by atoms with van der Waals surface area (Å²) in [6.45, 7) is 5.67. The van der Waals surface area contributed by atoms with Gasteiger partial charge in [-0.15, -0.1) is 24.2 Å². The van der Waals surface area contributed by atoms with Crippen molar-refractivity contribution in [3.8, 4) is 0 Å². The molecule has 0 aliphatic carbocycles. The minimum Gasteiger partial charge on any atom is -0.353 e. The molecule has 2 N–H and O–H groups in total. The number of thioether (sulfide) groups is 1. The number of carbonyl (C=O) groups is 1. The van der Waals surface area contributed by atoms with Crippen molar-refractivity contribution in [1.82, 2.24) is 10.6 Å². The SMILES string of the molecule is CCN[C@H](C)CNC(=O)C(Sc1ccccc1)c1ccccc1.Cl. The maximum absolute atomic E-state index is 12.7. The molecule has 0 radical (unpaired) electrons. The molecule has 0 aromatic heterocycles. The largest absolute Gasteiger partial charge is 0.353 e. The number of halogens is 1. The lowest BCUT2D eigenvalue weighted by Crippen LogP contribution is -2.40. The molecular formula is C19H25ClN2OS. The summed E-state index contributed by atoms with van der Waals surface area (Å²) in [6, 6.07) is 20.3. The van der Waals surface area contributed by atoms with Crippen LogP contribution in [0.5, 0.6) is 0 Å². The molecule has 24 heavy (non-hydrogen) atoms. The Morgan fingerprint density at radius 2 is 1.62 bits per heavy atom. The Hall–Kier alpha value is -1.49. The van der Waals surface area contributed by atoms with Crippen LogP contribution in [0.25, 0.3) is 0 Å². The van der Waals surface area contributed by atoms with E-state index in [4.69, 9.17) is 0 Å². The van der Waals surface area contributed by atoms with E-state index in [1.165, 1.54) is 0 Å². The molecule has 5 heteroatoms. The number of rotatable bonds is 8. The van der Waals surface area contributed by atoms with E-state index in [1.54, 1.807) is 11.8 Å². The first-order valence-corrected chi connectivity index (χ1v) is 8.86. The van der Waals surface area contributed by atoms with Gasteiger partial charge in [-0.05, 0) is 31.2 Å². The molecule has 1 amide bonds. The van der Waals surface area contributed by atoms with E-state index in [2.05, 4.69) is 24.5 Å². The number of nitrogens with one attached hydrogen (secondary N) is 2. The number of amides is 1. The number of likely N-dealkylation sites (N-methyl/N-ethyl adjacent to an activating group) is 1. The van der Waals surface area contributed by atoms with E-state index in [9.17, 15) is 4.79 Å². The van der Waals surface area contributed by atoms with Crippen LogP contribution < -0.4 is 10.6 Å². The van der Waals surface area contributed by atoms with Gasteiger partial charge in [0.05, 0.1) is 0 Å². The zero-order valence-corrected chi connectivity index (χ0v) is 15.7. The molecule has 1 unspecified atom stereocenters. The summed E-state index contributed by atoms with van der Waals surface area (Å²) >= 11 is 1.58. The summed E-state index contributed by atoms with van der Waals surface area (Å²) in [5.41, 5.74) is 1.02. The van der Waals surface area contributed by atoms with Gasteiger partial charge in [0.2, 0.25) is 5.91 Å². The maximum atomic E-state index is 12.7. The average Bonchev–Trinajstić information content (AvgIpc) is 2.59. The summed E-state index contributed by atoms with van der Waals surface area (Å²) in [5, 5.41) is 6.13. The Labute approximate surface area is 155 Å². The normalized spacial score (nSPS) is 12.8. The highest BCUT2D eigenvalue weighted by atomic mass is 35.5. The molecule has 0 aliphatic rings. The van der Waals surface area contributed by atoms with Gasteiger partial charge in [0.25, 0.3) is 0 Å². The Kier molecular flexibility index (Phi) is 9.53. The molecule has 0 saturated carbocycles. The van der Waals surface area contributed by atoms with Crippen LogP contribution in [0.15, 0.2) is 65.6 Å². The zero-order valence-electron chi connectivity index (χ0n) is 14.1. The summed E-state index contributed by atoms with van der Waals surface area (Å²) in [4.78, 5) is 13.8. The van der Waals surface area contributed by atoms with Crippen LogP contribution in [-0.4, -0.2) is 25.0 Å². The smallest absolute Gasteiger partial charge is 0.238 e. The first kappa shape index (κ1) is 20.6. The Morgan fingerprint density at radius 3 is 2.21 bits per heavy atom. The molecule has 0 aliphatic heterocycles. The van der Waals surface area contributed by atoms with Crippen LogP contribution >= 0.6 is 24.2 Å². The van der Waals surface area contributed by atoms with Gasteiger partial charge < -0.3 is 10.6 Å². The van der Waals surface area contributed by atoms with E-state index in [0.29, 0.717) is 6.54 Å². The first-order valence-electron chi connectivity index (χ1n) is 7.98. The standard InChI is InChI=1S/C19H24N2OS.ClH/c1-3-20-15(2)14-21-19(22)18(16-10-6-4-7-11-16)23-17-12-8-5-9-13-17;/h4-13,15,18,20H,3,14H2,1-2H3,(H,21,22);1H/t15-,18?;/m1./s1. The van der Waals surface area contributed by atoms with Gasteiger partial charge in [0.15, 0.2) is 0 Å². The predicted octanol–water partition coefficient (Wildman–Crippen LogP) is 4.06. The summed E-state index contributed by atoms with van der Waals surface area (Å²) in [6.07, 6.45) is 0. The average molecular weight is 365 g/mol. The highest BCUT2D eigenvalue weighted by Gasteiger charge is 2.22. The van der Waals surface area contributed by atoms with E-state index >= 15 is 0 Å². The minimum atomic E-state index is -0.243. The molecular weight excluding hydrogens is 340 g/mol. The first-order chi connectivity index (χ1) is 11.2. The number of hydrogen-bond acceptors (Lipinski definition) is 3. The van der Waals surface area contributed by atoms with Crippen LogP contribution in [0, 0.1) is 0 Å². The third-order valence-corrected chi connectivity index (χ3v) is 4.74. The lowest BCUT2D eigenvalue weighted by Gasteiger charge is -2.19. The molecule has 2 aromatic carbocycles. The van der Waals surface area contributed by atoms with Gasteiger partial charge >= 0.3 is 0 Å². The van der Waals surface area contributed by atoms with Crippen LogP contribution in [0.2, 0.25) is 0 Å². The van der Waals surface area contributed by atoms with Crippen molar-refractivity contribution < 1.29 is 4.79 Å². The number of benzene rings is 2. The van der Waals surface area contributed by atoms with Crippen molar-refractivity contribution in [3.05, 3.63) is 66.2 Å². The van der Waals surface area contributed by atoms with Crippen molar-refractivity contribution >= 4 is 30.1 Å². The maximum Gasteiger partial charge on any atom is 0.238 e. The van der Waals surface area contributed by atoms with E-state index in [-0.39, 0.29) is 29.6 Å². The molecule has 130 valence electrons. The van der Waals surface area contributed by atoms with Gasteiger partial charge in [-0.25, -0.2) is 0 Å². The summed E-state index contributed by atoms with van der Waals surface area (Å²) in [5.74, 6) is 0.0507. The Bertz CT molecular complexity index is 595. The molecule has 0 heterocycles. The van der Waals surface area contributed by atoms with E-state index < -0.39 is 0 Å². The Balaban J connectivity index is 0.00000288.